The molecule has 11 heteroatoms. The average Bonchev–Trinajstić information content (AvgIpc) is 3.20. The van der Waals surface area contributed by atoms with Crippen LogP contribution in [0.3, 0.4) is 0 Å². The number of anilines is 3. The summed E-state index contributed by atoms with van der Waals surface area (Å²) in [6.07, 6.45) is 2.19. The summed E-state index contributed by atoms with van der Waals surface area (Å²) in [5.74, 6) is 1.89. The minimum Gasteiger partial charge on any atom is -0.491 e. The highest BCUT2D eigenvalue weighted by Gasteiger charge is 2.50. The van der Waals surface area contributed by atoms with E-state index in [0.717, 1.165) is 69.0 Å². The number of nitriles is 1. The Labute approximate surface area is 191 Å². The molecule has 3 aliphatic heterocycles. The molecule has 1 atom stereocenters. The molecule has 0 spiro atoms. The van der Waals surface area contributed by atoms with Crippen molar-refractivity contribution in [2.75, 3.05) is 69.8 Å². The molecule has 170 valence electrons. The number of aromatic nitrogens is 3. The zero-order valence-corrected chi connectivity index (χ0v) is 19.3. The molecule has 2 aromatic rings. The number of nitrogens with zero attached hydrogens (tertiary/aromatic N) is 7. The Balaban J connectivity index is 1.32. The molecule has 1 N–H and O–H groups in total. The fourth-order valence-corrected chi connectivity index (χ4v) is 5.54. The summed E-state index contributed by atoms with van der Waals surface area (Å²) >= 11 is 1.38. The van der Waals surface area contributed by atoms with Gasteiger partial charge in [0.2, 0.25) is 5.95 Å². The van der Waals surface area contributed by atoms with Crippen molar-refractivity contribution in [2.24, 2.45) is 0 Å². The Morgan fingerprint density at radius 2 is 2.25 bits per heavy atom. The van der Waals surface area contributed by atoms with E-state index in [-0.39, 0.29) is 5.54 Å². The third-order valence-corrected chi connectivity index (χ3v) is 7.40. The van der Waals surface area contributed by atoms with E-state index in [1.807, 2.05) is 13.0 Å². The molecule has 5 heterocycles. The van der Waals surface area contributed by atoms with E-state index in [1.165, 1.54) is 11.5 Å². The topological polar surface area (TPSA) is 103 Å². The third kappa shape index (κ3) is 3.99. The summed E-state index contributed by atoms with van der Waals surface area (Å²) in [6.45, 7) is 8.96. The molecule has 3 aliphatic rings. The molecule has 5 rings (SSSR count). The van der Waals surface area contributed by atoms with E-state index in [9.17, 15) is 5.26 Å². The first kappa shape index (κ1) is 21.3. The van der Waals surface area contributed by atoms with E-state index in [2.05, 4.69) is 35.4 Å². The van der Waals surface area contributed by atoms with Crippen molar-refractivity contribution in [3.63, 3.8) is 0 Å². The number of morpholine rings is 1. The number of methoxy groups -OCH3 is 1. The van der Waals surface area contributed by atoms with Crippen LogP contribution in [0.2, 0.25) is 0 Å². The lowest BCUT2D eigenvalue weighted by Gasteiger charge is -2.58. The van der Waals surface area contributed by atoms with Gasteiger partial charge < -0.3 is 19.7 Å². The molecule has 0 radical (unpaired) electrons. The fourth-order valence-electron chi connectivity index (χ4n) is 4.89. The van der Waals surface area contributed by atoms with Crippen molar-refractivity contribution in [2.45, 2.75) is 24.9 Å². The molecule has 0 bridgehead atoms. The van der Waals surface area contributed by atoms with Crippen LogP contribution in [0.15, 0.2) is 12.3 Å². The SMILES string of the molecule is COc1cnc(Nc2cc(C)ns2)nc1N1CC(CC#N)(N2CCN3CCOC[C@H]3C2)C1. The second kappa shape index (κ2) is 8.78. The van der Waals surface area contributed by atoms with E-state index >= 15 is 0 Å². The summed E-state index contributed by atoms with van der Waals surface area (Å²) in [4.78, 5) is 16.3. The van der Waals surface area contributed by atoms with Crippen molar-refractivity contribution in [1.82, 2.24) is 24.1 Å². The first-order chi connectivity index (χ1) is 15.6. The first-order valence-electron chi connectivity index (χ1n) is 10.9. The number of fused-ring (bicyclic) bond motifs is 1. The van der Waals surface area contributed by atoms with Gasteiger partial charge in [0.15, 0.2) is 11.6 Å². The number of hydrogen-bond donors (Lipinski definition) is 1. The summed E-state index contributed by atoms with van der Waals surface area (Å²) in [6, 6.07) is 4.81. The Bertz CT molecular complexity index is 1000. The van der Waals surface area contributed by atoms with E-state index in [1.54, 1.807) is 13.3 Å². The molecule has 0 aliphatic carbocycles. The van der Waals surface area contributed by atoms with Gasteiger partial charge in [0.05, 0.1) is 50.2 Å². The first-order valence-corrected chi connectivity index (χ1v) is 11.7. The minimum atomic E-state index is -0.170. The molecule has 3 saturated heterocycles. The Morgan fingerprint density at radius 3 is 3.00 bits per heavy atom. The van der Waals surface area contributed by atoms with Crippen molar-refractivity contribution < 1.29 is 9.47 Å². The summed E-state index contributed by atoms with van der Waals surface area (Å²) in [5, 5.41) is 13.7. The Hall–Kier alpha value is -2.52. The van der Waals surface area contributed by atoms with E-state index in [0.29, 0.717) is 24.2 Å². The van der Waals surface area contributed by atoms with Gasteiger partial charge in [-0.3, -0.25) is 9.80 Å². The van der Waals surface area contributed by atoms with Gasteiger partial charge in [-0.15, -0.1) is 0 Å². The van der Waals surface area contributed by atoms with Gasteiger partial charge in [-0.25, -0.2) is 4.98 Å². The maximum absolute atomic E-state index is 9.60. The Kier molecular flexibility index (Phi) is 5.86. The van der Waals surface area contributed by atoms with E-state index < -0.39 is 0 Å². The average molecular weight is 457 g/mol. The van der Waals surface area contributed by atoms with Gasteiger partial charge in [0, 0.05) is 45.3 Å². The van der Waals surface area contributed by atoms with Gasteiger partial charge in [0.1, 0.15) is 5.00 Å². The van der Waals surface area contributed by atoms with Crippen LogP contribution in [0.4, 0.5) is 16.8 Å². The smallest absolute Gasteiger partial charge is 0.230 e. The molecule has 3 fully saturated rings. The maximum Gasteiger partial charge on any atom is 0.230 e. The number of aryl methyl sites for hydroxylation is 1. The lowest BCUT2D eigenvalue weighted by molar-refractivity contribution is -0.0753. The summed E-state index contributed by atoms with van der Waals surface area (Å²) in [5.41, 5.74) is 0.787. The predicted octanol–water partition coefficient (Wildman–Crippen LogP) is 1.48. The van der Waals surface area contributed by atoms with Gasteiger partial charge in [0.25, 0.3) is 0 Å². The predicted molar refractivity (Wildman–Crippen MR) is 122 cm³/mol. The second-order valence-electron chi connectivity index (χ2n) is 8.67. The highest BCUT2D eigenvalue weighted by atomic mass is 32.1. The molecule has 0 unspecified atom stereocenters. The number of hydrogen-bond acceptors (Lipinski definition) is 11. The monoisotopic (exact) mass is 456 g/mol. The van der Waals surface area contributed by atoms with Crippen molar-refractivity contribution in [3.8, 4) is 11.8 Å². The number of nitrogens with one attached hydrogen (secondary N) is 1. The lowest BCUT2D eigenvalue weighted by Crippen LogP contribution is -2.74. The molecule has 0 amide bonds. The molecule has 0 aromatic carbocycles. The molecular formula is C21H28N8O2S. The van der Waals surface area contributed by atoms with Crippen LogP contribution in [0.1, 0.15) is 12.1 Å². The fraction of sp³-hybridized carbons (Fsp3) is 0.619. The summed E-state index contributed by atoms with van der Waals surface area (Å²) < 4.78 is 15.5. The van der Waals surface area contributed by atoms with Crippen LogP contribution in [-0.2, 0) is 4.74 Å². The van der Waals surface area contributed by atoms with Gasteiger partial charge in [-0.05, 0) is 24.5 Å². The third-order valence-electron chi connectivity index (χ3n) is 6.61. The highest BCUT2D eigenvalue weighted by molar-refractivity contribution is 7.10. The highest BCUT2D eigenvalue weighted by Crippen LogP contribution is 2.39. The van der Waals surface area contributed by atoms with Gasteiger partial charge in [-0.2, -0.15) is 14.6 Å². The standard InChI is InChI=1S/C21H28N8O2S/c1-15-9-18(32-26-15)24-20-23-10-17(30-2)19(25-20)28-13-21(14-28,3-4-22)29-6-5-27-7-8-31-12-16(27)11-29/h9-10,16H,3,5-8,11-14H2,1-2H3,(H,23,24,25)/t16-/m1/s1. The van der Waals surface area contributed by atoms with Crippen LogP contribution in [0, 0.1) is 18.3 Å². The number of ether oxygens (including phenoxy) is 2. The summed E-state index contributed by atoms with van der Waals surface area (Å²) in [7, 11) is 1.63. The second-order valence-corrected chi connectivity index (χ2v) is 9.47. The van der Waals surface area contributed by atoms with Crippen molar-refractivity contribution >= 4 is 28.3 Å². The van der Waals surface area contributed by atoms with Crippen LogP contribution in [0.5, 0.6) is 5.75 Å². The Morgan fingerprint density at radius 1 is 1.38 bits per heavy atom. The lowest BCUT2D eigenvalue weighted by atomic mass is 9.83. The molecule has 32 heavy (non-hydrogen) atoms. The van der Waals surface area contributed by atoms with Gasteiger partial charge in [-0.1, -0.05) is 0 Å². The van der Waals surface area contributed by atoms with E-state index in [4.69, 9.17) is 14.5 Å². The van der Waals surface area contributed by atoms with Crippen molar-refractivity contribution in [3.05, 3.63) is 18.0 Å². The van der Waals surface area contributed by atoms with Crippen LogP contribution in [0.25, 0.3) is 0 Å². The normalized spacial score (nSPS) is 23.2. The van der Waals surface area contributed by atoms with Crippen LogP contribution < -0.4 is 15.0 Å². The molecule has 2 aromatic heterocycles. The zero-order chi connectivity index (χ0) is 22.1. The minimum absolute atomic E-state index is 0.170. The molecular weight excluding hydrogens is 428 g/mol. The molecule has 10 nitrogen and oxygen atoms in total. The largest absolute Gasteiger partial charge is 0.491 e. The van der Waals surface area contributed by atoms with Crippen molar-refractivity contribution in [1.29, 1.82) is 5.26 Å². The number of piperazine rings is 1. The van der Waals surface area contributed by atoms with Crippen LogP contribution >= 0.6 is 11.5 Å². The number of rotatable bonds is 6. The van der Waals surface area contributed by atoms with Gasteiger partial charge >= 0.3 is 0 Å². The maximum atomic E-state index is 9.60. The van der Waals surface area contributed by atoms with Crippen LogP contribution in [-0.4, -0.2) is 95.3 Å². The zero-order valence-electron chi connectivity index (χ0n) is 18.5. The quantitative estimate of drug-likeness (QED) is 0.687. The molecule has 0 saturated carbocycles.